The Kier molecular flexibility index (Phi) is 4.15. The van der Waals surface area contributed by atoms with Gasteiger partial charge in [0, 0.05) is 23.9 Å². The van der Waals surface area contributed by atoms with Crippen LogP contribution >= 0.6 is 11.6 Å². The van der Waals surface area contributed by atoms with Crippen LogP contribution in [0.1, 0.15) is 35.7 Å². The van der Waals surface area contributed by atoms with Gasteiger partial charge in [-0.2, -0.15) is 0 Å². The molecule has 2 heterocycles. The quantitative estimate of drug-likeness (QED) is 0.886. The average molecular weight is 376 g/mol. The van der Waals surface area contributed by atoms with E-state index in [2.05, 4.69) is 0 Å². The van der Waals surface area contributed by atoms with Crippen LogP contribution in [-0.2, 0) is 0 Å². The zero-order chi connectivity index (χ0) is 18.4. The predicted octanol–water partition coefficient (Wildman–Crippen LogP) is 3.61. The molecule has 0 radical (unpaired) electrons. The highest BCUT2D eigenvalue weighted by molar-refractivity contribution is 6.32. The van der Waals surface area contributed by atoms with Crippen molar-refractivity contribution in [2.45, 2.75) is 25.3 Å². The van der Waals surface area contributed by atoms with Crippen LogP contribution in [0.5, 0.6) is 11.5 Å². The lowest BCUT2D eigenvalue weighted by Gasteiger charge is -2.35. The number of aromatic nitrogens is 1. The van der Waals surface area contributed by atoms with Gasteiger partial charge < -0.3 is 19.1 Å². The summed E-state index contributed by atoms with van der Waals surface area (Å²) in [4.78, 5) is 23.8. The molecule has 4 rings (SSSR count). The van der Waals surface area contributed by atoms with Crippen molar-refractivity contribution in [3.05, 3.63) is 45.2 Å². The summed E-state index contributed by atoms with van der Waals surface area (Å²) in [6.07, 6.45) is 4.71. The third-order valence-corrected chi connectivity index (χ3v) is 5.60. The molecule has 1 aliphatic heterocycles. The molecule has 1 N–H and O–H groups in total. The molecule has 26 heavy (non-hydrogen) atoms. The zero-order valence-corrected chi connectivity index (χ0v) is 15.0. The second-order valence-electron chi connectivity index (χ2n) is 6.70. The summed E-state index contributed by atoms with van der Waals surface area (Å²) in [5.41, 5.74) is 0.512. The van der Waals surface area contributed by atoms with E-state index in [1.54, 1.807) is 12.1 Å². The second kappa shape index (κ2) is 6.36. The number of benzene rings is 1. The Bertz CT molecular complexity index is 948. The molecular weight excluding hydrogens is 358 g/mol. The highest BCUT2D eigenvalue weighted by Crippen LogP contribution is 2.45. The van der Waals surface area contributed by atoms with E-state index >= 15 is 0 Å². The van der Waals surface area contributed by atoms with E-state index in [1.165, 1.54) is 19.4 Å². The Morgan fingerprint density at radius 2 is 2.12 bits per heavy atom. The number of carbonyl (C=O) groups is 1. The molecule has 0 spiro atoms. The van der Waals surface area contributed by atoms with E-state index in [-0.39, 0.29) is 11.6 Å². The maximum absolute atomic E-state index is 12.3. The smallest absolute Gasteiger partial charge is 0.341 e. The summed E-state index contributed by atoms with van der Waals surface area (Å²) in [6, 6.07) is 4.74. The van der Waals surface area contributed by atoms with Gasteiger partial charge in [0.15, 0.2) is 5.43 Å². The van der Waals surface area contributed by atoms with Crippen LogP contribution in [0.15, 0.2) is 29.2 Å². The first-order valence-corrected chi connectivity index (χ1v) is 8.87. The topological polar surface area (TPSA) is 77.8 Å². The second-order valence-corrected chi connectivity index (χ2v) is 7.11. The van der Waals surface area contributed by atoms with Crippen LogP contribution < -0.4 is 14.9 Å². The van der Waals surface area contributed by atoms with Crippen molar-refractivity contribution in [2.24, 2.45) is 5.92 Å². The van der Waals surface area contributed by atoms with E-state index in [0.717, 1.165) is 19.3 Å². The van der Waals surface area contributed by atoms with Gasteiger partial charge in [-0.3, -0.25) is 4.79 Å². The maximum Gasteiger partial charge on any atom is 0.341 e. The minimum absolute atomic E-state index is 0.0328. The first-order chi connectivity index (χ1) is 12.5. The Morgan fingerprint density at radius 1 is 1.35 bits per heavy atom. The Labute approximate surface area is 154 Å². The van der Waals surface area contributed by atoms with Crippen molar-refractivity contribution in [1.29, 1.82) is 0 Å². The zero-order valence-electron chi connectivity index (χ0n) is 14.2. The third kappa shape index (κ3) is 2.65. The summed E-state index contributed by atoms with van der Waals surface area (Å²) in [7, 11) is 1.53. The molecule has 7 heteroatoms. The minimum atomic E-state index is -1.23. The molecule has 1 unspecified atom stereocenters. The number of fused-ring (bicyclic) bond motifs is 3. The van der Waals surface area contributed by atoms with Crippen molar-refractivity contribution in [3.8, 4) is 22.8 Å². The van der Waals surface area contributed by atoms with Gasteiger partial charge in [-0.25, -0.2) is 4.79 Å². The molecule has 1 saturated carbocycles. The van der Waals surface area contributed by atoms with Crippen molar-refractivity contribution >= 4 is 17.6 Å². The summed E-state index contributed by atoms with van der Waals surface area (Å²) in [5.74, 6) is 0.230. The van der Waals surface area contributed by atoms with Gasteiger partial charge in [0.1, 0.15) is 23.7 Å². The number of aromatic carboxylic acids is 1. The van der Waals surface area contributed by atoms with Crippen molar-refractivity contribution < 1.29 is 19.4 Å². The number of hydrogen-bond donors (Lipinski definition) is 1. The average Bonchev–Trinajstić information content (AvgIpc) is 2.69. The third-order valence-electron chi connectivity index (χ3n) is 5.30. The van der Waals surface area contributed by atoms with Gasteiger partial charge in [0.05, 0.1) is 23.9 Å². The fourth-order valence-corrected chi connectivity index (χ4v) is 3.90. The Morgan fingerprint density at radius 3 is 2.73 bits per heavy atom. The van der Waals surface area contributed by atoms with Crippen LogP contribution in [0.3, 0.4) is 0 Å². The lowest BCUT2D eigenvalue weighted by Crippen LogP contribution is -2.31. The van der Waals surface area contributed by atoms with Crippen molar-refractivity contribution in [2.75, 3.05) is 13.7 Å². The number of methoxy groups -OCH3 is 1. The lowest BCUT2D eigenvalue weighted by molar-refractivity contribution is 0.0693. The van der Waals surface area contributed by atoms with E-state index < -0.39 is 11.4 Å². The molecule has 0 bridgehead atoms. The molecule has 0 saturated heterocycles. The van der Waals surface area contributed by atoms with Gasteiger partial charge in [-0.05, 0) is 24.8 Å². The number of rotatable bonds is 3. The van der Waals surface area contributed by atoms with Gasteiger partial charge in [0.2, 0.25) is 0 Å². The van der Waals surface area contributed by atoms with Crippen LogP contribution in [0.25, 0.3) is 11.3 Å². The number of ether oxygens (including phenoxy) is 2. The molecule has 0 amide bonds. The van der Waals surface area contributed by atoms with Gasteiger partial charge in [-0.15, -0.1) is 0 Å². The van der Waals surface area contributed by atoms with Crippen LogP contribution in [0.2, 0.25) is 5.02 Å². The molecule has 1 aromatic heterocycles. The van der Waals surface area contributed by atoms with Crippen LogP contribution in [-0.4, -0.2) is 29.4 Å². The largest absolute Gasteiger partial charge is 0.495 e. The number of hydrogen-bond acceptors (Lipinski definition) is 4. The van der Waals surface area contributed by atoms with Crippen LogP contribution in [0.4, 0.5) is 0 Å². The molecular formula is C19H18ClNO5. The summed E-state index contributed by atoms with van der Waals surface area (Å²) < 4.78 is 13.2. The molecule has 6 nitrogen and oxygen atoms in total. The van der Waals surface area contributed by atoms with Gasteiger partial charge in [-0.1, -0.05) is 18.0 Å². The van der Waals surface area contributed by atoms with Gasteiger partial charge >= 0.3 is 5.97 Å². The fourth-order valence-electron chi connectivity index (χ4n) is 3.65. The fraction of sp³-hybridized carbons (Fsp3) is 0.368. The van der Waals surface area contributed by atoms with Gasteiger partial charge in [0.25, 0.3) is 0 Å². The monoisotopic (exact) mass is 375 g/mol. The lowest BCUT2D eigenvalue weighted by atomic mass is 9.79. The van der Waals surface area contributed by atoms with E-state index in [1.807, 2.05) is 4.57 Å². The number of pyridine rings is 1. The number of halogens is 1. The van der Waals surface area contributed by atoms with E-state index in [4.69, 9.17) is 21.1 Å². The van der Waals surface area contributed by atoms with E-state index in [9.17, 15) is 14.7 Å². The number of carboxylic acid groups (broad SMARTS) is 1. The minimum Gasteiger partial charge on any atom is -0.495 e. The molecule has 2 aliphatic rings. The standard InChI is InChI=1S/C19H18ClNO5/c1-25-18-7-17-11(5-13(18)20)14-6-16(22)12(19(23)24)8-21(14)15(9-26-17)10-3-2-4-10/h5-8,10,15H,2-4,9H2,1H3,(H,23,24). The van der Waals surface area contributed by atoms with E-state index in [0.29, 0.717) is 40.3 Å². The van der Waals surface area contributed by atoms with Crippen LogP contribution in [0, 0.1) is 5.92 Å². The molecule has 136 valence electrons. The first-order valence-electron chi connectivity index (χ1n) is 8.49. The number of carboxylic acids is 1. The van der Waals surface area contributed by atoms with Crippen molar-refractivity contribution in [3.63, 3.8) is 0 Å². The molecule has 2 aromatic rings. The number of nitrogens with zero attached hydrogens (tertiary/aromatic N) is 1. The highest BCUT2D eigenvalue weighted by Gasteiger charge is 2.33. The highest BCUT2D eigenvalue weighted by atomic mass is 35.5. The Hall–Kier alpha value is -2.47. The molecule has 1 atom stereocenters. The summed E-state index contributed by atoms with van der Waals surface area (Å²) in [5, 5.41) is 9.76. The summed E-state index contributed by atoms with van der Waals surface area (Å²) in [6.45, 7) is 0.400. The maximum atomic E-state index is 12.3. The Balaban J connectivity index is 1.96. The normalized spacial score (nSPS) is 18.8. The first kappa shape index (κ1) is 17.0. The molecule has 1 aliphatic carbocycles. The summed E-state index contributed by atoms with van der Waals surface area (Å²) >= 11 is 6.28. The SMILES string of the molecule is COc1cc2c(cc1Cl)-c1cc(=O)c(C(=O)O)cn1C(C1CCC1)CO2. The predicted molar refractivity (Wildman–Crippen MR) is 96.5 cm³/mol. The molecule has 1 aromatic carbocycles. The molecule has 1 fully saturated rings. The van der Waals surface area contributed by atoms with Crippen molar-refractivity contribution in [1.82, 2.24) is 4.57 Å².